The van der Waals surface area contributed by atoms with E-state index in [4.69, 9.17) is 0 Å². The van der Waals surface area contributed by atoms with Gasteiger partial charge in [0.1, 0.15) is 0 Å². The minimum absolute atomic E-state index is 0.113. The van der Waals surface area contributed by atoms with Crippen LogP contribution in [0.15, 0.2) is 54.6 Å². The fourth-order valence-corrected chi connectivity index (χ4v) is 3.48. The van der Waals surface area contributed by atoms with Gasteiger partial charge in [-0.05, 0) is 36.1 Å². The number of benzene rings is 2. The fraction of sp³-hybridized carbons (Fsp3) is 0.381. The van der Waals surface area contributed by atoms with Crippen LogP contribution < -0.4 is 5.32 Å². The van der Waals surface area contributed by atoms with Gasteiger partial charge < -0.3 is 20.4 Å². The number of rotatable bonds is 5. The van der Waals surface area contributed by atoms with E-state index in [0.29, 0.717) is 19.4 Å². The summed E-state index contributed by atoms with van der Waals surface area (Å²) in [6, 6.07) is 17.1. The van der Waals surface area contributed by atoms with Gasteiger partial charge in [-0.1, -0.05) is 42.5 Å². The van der Waals surface area contributed by atoms with Crippen LogP contribution in [0.4, 0.5) is 5.69 Å². The number of piperidine rings is 1. The number of carbonyl (C=O) groups excluding carboxylic acids is 1. The van der Waals surface area contributed by atoms with Crippen LogP contribution in [-0.4, -0.2) is 40.7 Å². The molecule has 1 aliphatic rings. The Balaban J connectivity index is 1.55. The normalized spacial score (nSPS) is 18.3. The van der Waals surface area contributed by atoms with Crippen LogP contribution in [-0.2, 0) is 10.4 Å². The average Bonchev–Trinajstić information content (AvgIpc) is 2.64. The predicted molar refractivity (Wildman–Crippen MR) is 102 cm³/mol. The standard InChI is InChI=1S/C21H26N2O3/c1-16(24)22-19-9-7-17(8-10-19)20(25)15-23-13-11-21(26,12-14-23)18-5-3-2-4-6-18/h2-10,20,25-26H,11-15H2,1H3,(H,22,24). The lowest BCUT2D eigenvalue weighted by atomic mass is 9.84. The van der Waals surface area contributed by atoms with Crippen LogP contribution in [0.5, 0.6) is 0 Å². The zero-order valence-corrected chi connectivity index (χ0v) is 15.1. The monoisotopic (exact) mass is 354 g/mol. The van der Waals surface area contributed by atoms with E-state index in [1.54, 1.807) is 12.1 Å². The Hall–Kier alpha value is -2.21. The number of amides is 1. The van der Waals surface area contributed by atoms with Crippen molar-refractivity contribution in [2.24, 2.45) is 0 Å². The maximum atomic E-state index is 11.1. The van der Waals surface area contributed by atoms with Gasteiger partial charge in [0.25, 0.3) is 0 Å². The largest absolute Gasteiger partial charge is 0.387 e. The van der Waals surface area contributed by atoms with Crippen molar-refractivity contribution in [3.05, 3.63) is 65.7 Å². The van der Waals surface area contributed by atoms with Crippen molar-refractivity contribution in [2.45, 2.75) is 31.5 Å². The molecule has 1 amide bonds. The zero-order valence-electron chi connectivity index (χ0n) is 15.1. The molecule has 1 aliphatic heterocycles. The lowest BCUT2D eigenvalue weighted by Gasteiger charge is -2.39. The van der Waals surface area contributed by atoms with Crippen molar-refractivity contribution >= 4 is 11.6 Å². The van der Waals surface area contributed by atoms with E-state index in [-0.39, 0.29) is 5.91 Å². The van der Waals surface area contributed by atoms with Gasteiger partial charge in [0, 0.05) is 32.2 Å². The molecule has 138 valence electrons. The fourth-order valence-electron chi connectivity index (χ4n) is 3.48. The molecule has 1 saturated heterocycles. The molecular formula is C21H26N2O3. The highest BCUT2D eigenvalue weighted by atomic mass is 16.3. The molecule has 5 heteroatoms. The minimum atomic E-state index is -0.775. The second-order valence-corrected chi connectivity index (χ2v) is 7.02. The summed E-state index contributed by atoms with van der Waals surface area (Å²) in [4.78, 5) is 13.2. The first kappa shape index (κ1) is 18.6. The summed E-state index contributed by atoms with van der Waals surface area (Å²) in [7, 11) is 0. The first-order valence-electron chi connectivity index (χ1n) is 9.02. The van der Waals surface area contributed by atoms with E-state index < -0.39 is 11.7 Å². The molecule has 0 spiro atoms. The molecular weight excluding hydrogens is 328 g/mol. The SMILES string of the molecule is CC(=O)Nc1ccc(C(O)CN2CCC(O)(c3ccccc3)CC2)cc1. The second kappa shape index (κ2) is 7.99. The number of hydrogen-bond donors (Lipinski definition) is 3. The highest BCUT2D eigenvalue weighted by Gasteiger charge is 2.34. The third kappa shape index (κ3) is 4.49. The van der Waals surface area contributed by atoms with E-state index >= 15 is 0 Å². The van der Waals surface area contributed by atoms with Crippen LogP contribution in [0.1, 0.15) is 37.0 Å². The van der Waals surface area contributed by atoms with E-state index in [1.165, 1.54) is 6.92 Å². The molecule has 0 radical (unpaired) electrons. The van der Waals surface area contributed by atoms with E-state index in [9.17, 15) is 15.0 Å². The van der Waals surface area contributed by atoms with Crippen molar-refractivity contribution < 1.29 is 15.0 Å². The highest BCUT2D eigenvalue weighted by molar-refractivity contribution is 5.88. The average molecular weight is 354 g/mol. The van der Waals surface area contributed by atoms with Gasteiger partial charge in [0.15, 0.2) is 0 Å². The molecule has 0 bridgehead atoms. The molecule has 1 fully saturated rings. The zero-order chi connectivity index (χ0) is 18.6. The van der Waals surface area contributed by atoms with Gasteiger partial charge in [0.2, 0.25) is 5.91 Å². The molecule has 1 atom stereocenters. The molecule has 26 heavy (non-hydrogen) atoms. The summed E-state index contributed by atoms with van der Waals surface area (Å²) in [5, 5.41) is 24.1. The van der Waals surface area contributed by atoms with Crippen molar-refractivity contribution in [1.29, 1.82) is 0 Å². The van der Waals surface area contributed by atoms with Gasteiger partial charge in [-0.15, -0.1) is 0 Å². The number of aliphatic hydroxyl groups is 2. The number of carbonyl (C=O) groups is 1. The van der Waals surface area contributed by atoms with E-state index in [0.717, 1.165) is 29.9 Å². The lowest BCUT2D eigenvalue weighted by Crippen LogP contribution is -2.43. The van der Waals surface area contributed by atoms with Crippen LogP contribution >= 0.6 is 0 Å². The van der Waals surface area contributed by atoms with Crippen LogP contribution in [0, 0.1) is 0 Å². The molecule has 1 unspecified atom stereocenters. The Labute approximate surface area is 154 Å². The summed E-state index contributed by atoms with van der Waals surface area (Å²) in [6.07, 6.45) is 0.723. The molecule has 3 N–H and O–H groups in total. The Morgan fingerprint density at radius 3 is 2.31 bits per heavy atom. The Bertz CT molecular complexity index is 723. The summed E-state index contributed by atoms with van der Waals surface area (Å²) < 4.78 is 0. The number of β-amino-alcohol motifs (C(OH)–C–C–N with tert-alkyl or cyclic N) is 1. The van der Waals surface area contributed by atoms with Crippen molar-refractivity contribution in [2.75, 3.05) is 25.0 Å². The topological polar surface area (TPSA) is 72.8 Å². The van der Waals surface area contributed by atoms with Crippen molar-refractivity contribution in [3.63, 3.8) is 0 Å². The molecule has 3 rings (SSSR count). The molecule has 2 aromatic carbocycles. The van der Waals surface area contributed by atoms with E-state index in [2.05, 4.69) is 10.2 Å². The minimum Gasteiger partial charge on any atom is -0.387 e. The maximum absolute atomic E-state index is 11.1. The predicted octanol–water partition coefficient (Wildman–Crippen LogP) is 2.66. The molecule has 0 saturated carbocycles. The number of nitrogens with one attached hydrogen (secondary N) is 1. The summed E-state index contributed by atoms with van der Waals surface area (Å²) in [5.74, 6) is -0.113. The third-order valence-corrected chi connectivity index (χ3v) is 5.04. The van der Waals surface area contributed by atoms with Crippen molar-refractivity contribution in [3.8, 4) is 0 Å². The quantitative estimate of drug-likeness (QED) is 0.772. The van der Waals surface area contributed by atoms with Gasteiger partial charge in [-0.2, -0.15) is 0 Å². The number of anilines is 1. The Morgan fingerprint density at radius 1 is 1.12 bits per heavy atom. The van der Waals surface area contributed by atoms with Crippen molar-refractivity contribution in [1.82, 2.24) is 4.90 Å². The molecule has 0 aromatic heterocycles. The summed E-state index contributed by atoms with van der Waals surface area (Å²) in [6.45, 7) is 3.49. The van der Waals surface area contributed by atoms with Crippen LogP contribution in [0.25, 0.3) is 0 Å². The first-order valence-corrected chi connectivity index (χ1v) is 9.02. The maximum Gasteiger partial charge on any atom is 0.221 e. The third-order valence-electron chi connectivity index (χ3n) is 5.04. The molecule has 0 aliphatic carbocycles. The van der Waals surface area contributed by atoms with E-state index in [1.807, 2.05) is 42.5 Å². The summed E-state index contributed by atoms with van der Waals surface area (Å²) >= 11 is 0. The molecule has 2 aromatic rings. The number of aliphatic hydroxyl groups excluding tert-OH is 1. The van der Waals surface area contributed by atoms with Crippen LogP contribution in [0.3, 0.4) is 0 Å². The lowest BCUT2D eigenvalue weighted by molar-refractivity contribution is -0.114. The number of likely N-dealkylation sites (tertiary alicyclic amines) is 1. The number of hydrogen-bond acceptors (Lipinski definition) is 4. The van der Waals surface area contributed by atoms with Gasteiger partial charge in [0.05, 0.1) is 11.7 Å². The highest BCUT2D eigenvalue weighted by Crippen LogP contribution is 2.33. The van der Waals surface area contributed by atoms with Gasteiger partial charge >= 0.3 is 0 Å². The van der Waals surface area contributed by atoms with Gasteiger partial charge in [-0.25, -0.2) is 0 Å². The first-order chi connectivity index (χ1) is 12.5. The second-order valence-electron chi connectivity index (χ2n) is 7.02. The summed E-state index contributed by atoms with van der Waals surface area (Å²) in [5.41, 5.74) is 1.74. The smallest absolute Gasteiger partial charge is 0.221 e. The Kier molecular flexibility index (Phi) is 5.71. The molecule has 1 heterocycles. The van der Waals surface area contributed by atoms with Crippen LogP contribution in [0.2, 0.25) is 0 Å². The van der Waals surface area contributed by atoms with Gasteiger partial charge in [-0.3, -0.25) is 4.79 Å². The molecule has 5 nitrogen and oxygen atoms in total. The number of nitrogens with zero attached hydrogens (tertiary/aromatic N) is 1. The Morgan fingerprint density at radius 2 is 1.73 bits per heavy atom.